The third kappa shape index (κ3) is 8.03. The Labute approximate surface area is 146 Å². The van der Waals surface area contributed by atoms with Gasteiger partial charge < -0.3 is 10.1 Å². The first-order valence-corrected chi connectivity index (χ1v) is 10.2. The molecule has 1 rings (SSSR count). The van der Waals surface area contributed by atoms with Crippen LogP contribution in [0.25, 0.3) is 0 Å². The average molecular weight is 326 g/mol. The summed E-state index contributed by atoms with van der Waals surface area (Å²) in [6.45, 7) is 15.0. The third-order valence-corrected chi connectivity index (χ3v) is 5.38. The molecule has 0 aromatic rings. The molecule has 0 bridgehead atoms. The Morgan fingerprint density at radius 2 is 1.57 bits per heavy atom. The summed E-state index contributed by atoms with van der Waals surface area (Å²) in [5.74, 6) is 0. The van der Waals surface area contributed by atoms with Crippen molar-refractivity contribution in [2.24, 2.45) is 5.41 Å². The monoisotopic (exact) mass is 325 g/mol. The molecule has 2 atom stereocenters. The van der Waals surface area contributed by atoms with Crippen molar-refractivity contribution in [1.29, 1.82) is 0 Å². The van der Waals surface area contributed by atoms with Crippen molar-refractivity contribution in [3.63, 3.8) is 0 Å². The lowest BCUT2D eigenvalue weighted by molar-refractivity contribution is -0.130. The van der Waals surface area contributed by atoms with Crippen LogP contribution in [0, 0.1) is 5.41 Å². The van der Waals surface area contributed by atoms with E-state index >= 15 is 0 Å². The van der Waals surface area contributed by atoms with Gasteiger partial charge in [-0.15, -0.1) is 0 Å². The van der Waals surface area contributed by atoms with Crippen LogP contribution in [0.5, 0.6) is 0 Å². The summed E-state index contributed by atoms with van der Waals surface area (Å²) < 4.78 is 6.67. The molecule has 0 aromatic carbocycles. The summed E-state index contributed by atoms with van der Waals surface area (Å²) in [5.41, 5.74) is 0.160. The summed E-state index contributed by atoms with van der Waals surface area (Å²) >= 11 is 0. The largest absolute Gasteiger partial charge is 0.370 e. The zero-order chi connectivity index (χ0) is 17.3. The van der Waals surface area contributed by atoms with Crippen molar-refractivity contribution in [1.82, 2.24) is 5.32 Å². The van der Waals surface area contributed by atoms with Crippen LogP contribution >= 0.6 is 0 Å². The molecule has 0 saturated carbocycles. The summed E-state index contributed by atoms with van der Waals surface area (Å²) in [7, 11) is 0. The van der Waals surface area contributed by atoms with Crippen LogP contribution in [-0.4, -0.2) is 24.3 Å². The molecule has 0 radical (unpaired) electrons. The predicted molar refractivity (Wildman–Crippen MR) is 102 cm³/mol. The Morgan fingerprint density at radius 3 is 2.09 bits per heavy atom. The predicted octanol–water partition coefficient (Wildman–Crippen LogP) is 6.09. The van der Waals surface area contributed by atoms with E-state index in [0.29, 0.717) is 12.1 Å². The van der Waals surface area contributed by atoms with Gasteiger partial charge in [-0.1, -0.05) is 72.6 Å². The summed E-state index contributed by atoms with van der Waals surface area (Å²) in [4.78, 5) is 0. The Bertz CT molecular complexity index is 299. The number of hydrogen-bond acceptors (Lipinski definition) is 2. The fraction of sp³-hybridized carbons (Fsp3) is 1.00. The van der Waals surface area contributed by atoms with E-state index in [9.17, 15) is 0 Å². The molecule has 0 spiro atoms. The van der Waals surface area contributed by atoms with Gasteiger partial charge in [0.25, 0.3) is 0 Å². The first-order valence-electron chi connectivity index (χ1n) is 10.2. The maximum atomic E-state index is 6.67. The van der Waals surface area contributed by atoms with Crippen LogP contribution in [0.15, 0.2) is 0 Å². The molecule has 1 aliphatic rings. The van der Waals surface area contributed by atoms with Crippen LogP contribution in [-0.2, 0) is 4.74 Å². The second kappa shape index (κ2) is 10.0. The zero-order valence-electron chi connectivity index (χ0n) is 16.8. The highest BCUT2D eigenvalue weighted by Gasteiger charge is 2.37. The summed E-state index contributed by atoms with van der Waals surface area (Å²) in [6.07, 6.45) is 13.7. The van der Waals surface area contributed by atoms with Crippen LogP contribution in [0.2, 0.25) is 0 Å². The minimum atomic E-state index is -0.0599. The molecule has 2 nitrogen and oxygen atoms in total. The van der Waals surface area contributed by atoms with Crippen LogP contribution in [0.4, 0.5) is 0 Å². The second-order valence-corrected chi connectivity index (χ2v) is 9.13. The normalized spacial score (nSPS) is 20.9. The number of ether oxygens (including phenoxy) is 1. The maximum absolute atomic E-state index is 6.67. The van der Waals surface area contributed by atoms with Gasteiger partial charge in [0.15, 0.2) is 0 Å². The highest BCUT2D eigenvalue weighted by atomic mass is 16.5. The molecule has 1 heterocycles. The lowest BCUT2D eigenvalue weighted by Gasteiger charge is -2.41. The van der Waals surface area contributed by atoms with E-state index in [-0.39, 0.29) is 11.0 Å². The summed E-state index contributed by atoms with van der Waals surface area (Å²) in [6, 6.07) is 0.515. The molecule has 138 valence electrons. The SMILES string of the molecule is CCCCCCCCCC(OC(C)(C)[C@@H]1CCCN1)C(C)(C)C. The molecule has 1 fully saturated rings. The molecule has 0 aromatic heterocycles. The van der Waals surface area contributed by atoms with Gasteiger partial charge in [-0.2, -0.15) is 0 Å². The van der Waals surface area contributed by atoms with E-state index in [1.807, 2.05) is 0 Å². The second-order valence-electron chi connectivity index (χ2n) is 9.13. The fourth-order valence-electron chi connectivity index (χ4n) is 3.68. The quantitative estimate of drug-likeness (QED) is 0.464. The van der Waals surface area contributed by atoms with Gasteiger partial charge in [-0.25, -0.2) is 0 Å². The Morgan fingerprint density at radius 1 is 0.957 bits per heavy atom. The lowest BCUT2D eigenvalue weighted by atomic mass is 9.84. The lowest BCUT2D eigenvalue weighted by Crippen LogP contribution is -2.49. The number of rotatable bonds is 11. The molecule has 1 unspecified atom stereocenters. The summed E-state index contributed by atoms with van der Waals surface area (Å²) in [5, 5.41) is 3.62. The van der Waals surface area contributed by atoms with E-state index in [1.165, 1.54) is 64.2 Å². The van der Waals surface area contributed by atoms with E-state index in [2.05, 4.69) is 46.9 Å². The number of unbranched alkanes of at least 4 members (excludes halogenated alkanes) is 6. The molecule has 2 heteroatoms. The molecule has 1 aliphatic heterocycles. The average Bonchev–Trinajstić information content (AvgIpc) is 2.99. The highest BCUT2D eigenvalue weighted by Crippen LogP contribution is 2.33. The Hall–Kier alpha value is -0.0800. The van der Waals surface area contributed by atoms with Crippen LogP contribution < -0.4 is 5.32 Å². The number of hydrogen-bond donors (Lipinski definition) is 1. The molecule has 0 amide bonds. The Kier molecular flexibility index (Phi) is 9.15. The van der Waals surface area contributed by atoms with Gasteiger partial charge in [-0.3, -0.25) is 0 Å². The van der Waals surface area contributed by atoms with E-state index in [1.54, 1.807) is 0 Å². The van der Waals surface area contributed by atoms with E-state index < -0.39 is 0 Å². The Balaban J connectivity index is 2.38. The number of nitrogens with one attached hydrogen (secondary N) is 1. The van der Waals surface area contributed by atoms with Crippen molar-refractivity contribution >= 4 is 0 Å². The zero-order valence-corrected chi connectivity index (χ0v) is 16.8. The van der Waals surface area contributed by atoms with Gasteiger partial charge in [0.1, 0.15) is 0 Å². The minimum Gasteiger partial charge on any atom is -0.370 e. The molecule has 1 saturated heterocycles. The standard InChI is InChI=1S/C21H43NO/c1-7-8-9-10-11-12-13-16-19(20(2,3)4)23-21(5,6)18-15-14-17-22-18/h18-19,22H,7-17H2,1-6H3/t18-,19?/m0/s1. The fourth-order valence-corrected chi connectivity index (χ4v) is 3.68. The topological polar surface area (TPSA) is 21.3 Å². The first-order chi connectivity index (χ1) is 10.8. The minimum absolute atomic E-state index is 0.0599. The molecule has 23 heavy (non-hydrogen) atoms. The smallest absolute Gasteiger partial charge is 0.0782 e. The molecule has 0 aliphatic carbocycles. The van der Waals surface area contributed by atoms with Gasteiger partial charge in [0.2, 0.25) is 0 Å². The first kappa shape index (κ1) is 21.0. The van der Waals surface area contributed by atoms with Gasteiger partial charge >= 0.3 is 0 Å². The van der Waals surface area contributed by atoms with Crippen LogP contribution in [0.1, 0.15) is 106 Å². The molecule has 1 N–H and O–H groups in total. The molecular weight excluding hydrogens is 282 g/mol. The maximum Gasteiger partial charge on any atom is 0.0782 e. The van der Waals surface area contributed by atoms with E-state index in [4.69, 9.17) is 4.74 Å². The highest BCUT2D eigenvalue weighted by molar-refractivity contribution is 4.91. The van der Waals surface area contributed by atoms with Crippen molar-refractivity contribution < 1.29 is 4.74 Å². The van der Waals surface area contributed by atoms with Crippen molar-refractivity contribution in [3.8, 4) is 0 Å². The van der Waals surface area contributed by atoms with Crippen molar-refractivity contribution in [2.45, 2.75) is 123 Å². The molecular formula is C21H43NO. The van der Waals surface area contributed by atoms with Crippen LogP contribution in [0.3, 0.4) is 0 Å². The van der Waals surface area contributed by atoms with Crippen molar-refractivity contribution in [2.75, 3.05) is 6.54 Å². The van der Waals surface area contributed by atoms with Gasteiger partial charge in [-0.05, 0) is 45.1 Å². The van der Waals surface area contributed by atoms with Crippen molar-refractivity contribution in [3.05, 3.63) is 0 Å². The van der Waals surface area contributed by atoms with E-state index in [0.717, 1.165) is 6.54 Å². The third-order valence-electron chi connectivity index (χ3n) is 5.38. The van der Waals surface area contributed by atoms with Gasteiger partial charge in [0.05, 0.1) is 11.7 Å². The van der Waals surface area contributed by atoms with Gasteiger partial charge in [0, 0.05) is 6.04 Å².